The van der Waals surface area contributed by atoms with Gasteiger partial charge in [-0.05, 0) is 29.7 Å². The number of methoxy groups -OCH3 is 1. The third kappa shape index (κ3) is 2.35. The molecule has 3 heterocycles. The summed E-state index contributed by atoms with van der Waals surface area (Å²) in [6.45, 7) is 0.736. The summed E-state index contributed by atoms with van der Waals surface area (Å²) in [6.07, 6.45) is 4.10. The molecule has 0 bridgehead atoms. The molecule has 8 heteroatoms. The van der Waals surface area contributed by atoms with Crippen LogP contribution in [-0.2, 0) is 23.0 Å². The SMILES string of the molecule is COc1cccc(S(=O)(=O)N2CCc3c(cnc4[nH]ncc34)C2)c1. The van der Waals surface area contributed by atoms with E-state index in [1.54, 1.807) is 36.7 Å². The molecule has 0 saturated heterocycles. The molecule has 24 heavy (non-hydrogen) atoms. The van der Waals surface area contributed by atoms with E-state index in [1.807, 2.05) is 0 Å². The fourth-order valence-corrected chi connectivity index (χ4v) is 4.50. The van der Waals surface area contributed by atoms with Crippen molar-refractivity contribution in [1.29, 1.82) is 0 Å². The van der Waals surface area contributed by atoms with Crippen LogP contribution in [0, 0.1) is 0 Å². The van der Waals surface area contributed by atoms with Gasteiger partial charge in [0.2, 0.25) is 10.0 Å². The lowest BCUT2D eigenvalue weighted by Gasteiger charge is -2.28. The molecule has 0 amide bonds. The summed E-state index contributed by atoms with van der Waals surface area (Å²) in [5.74, 6) is 0.523. The lowest BCUT2D eigenvalue weighted by Crippen LogP contribution is -2.36. The van der Waals surface area contributed by atoms with E-state index in [-0.39, 0.29) is 4.90 Å². The minimum atomic E-state index is -3.58. The summed E-state index contributed by atoms with van der Waals surface area (Å²) in [5, 5.41) is 7.82. The Morgan fingerprint density at radius 2 is 2.17 bits per heavy atom. The highest BCUT2D eigenvalue weighted by Crippen LogP contribution is 2.29. The van der Waals surface area contributed by atoms with E-state index in [0.29, 0.717) is 25.3 Å². The average molecular weight is 344 g/mol. The lowest BCUT2D eigenvalue weighted by molar-refractivity contribution is 0.390. The summed E-state index contributed by atoms with van der Waals surface area (Å²) in [4.78, 5) is 4.55. The Morgan fingerprint density at radius 3 is 3.00 bits per heavy atom. The fourth-order valence-electron chi connectivity index (χ4n) is 3.04. The maximum absolute atomic E-state index is 12.9. The van der Waals surface area contributed by atoms with Crippen molar-refractivity contribution in [2.45, 2.75) is 17.9 Å². The van der Waals surface area contributed by atoms with Gasteiger partial charge in [0.25, 0.3) is 0 Å². The largest absolute Gasteiger partial charge is 0.497 e. The summed E-state index contributed by atoms with van der Waals surface area (Å²) in [5.41, 5.74) is 2.77. The minimum absolute atomic E-state index is 0.239. The van der Waals surface area contributed by atoms with Crippen LogP contribution in [0.1, 0.15) is 11.1 Å². The predicted molar refractivity (Wildman–Crippen MR) is 88.2 cm³/mol. The smallest absolute Gasteiger partial charge is 0.243 e. The number of ether oxygens (including phenoxy) is 1. The molecule has 1 aliphatic heterocycles. The molecule has 0 atom stereocenters. The van der Waals surface area contributed by atoms with Gasteiger partial charge >= 0.3 is 0 Å². The first-order chi connectivity index (χ1) is 11.6. The standard InChI is InChI=1S/C16H16N4O3S/c1-23-12-3-2-4-13(7-12)24(21,22)20-6-5-14-11(10-20)8-17-16-15(14)9-18-19-16/h2-4,7-9H,5-6,10H2,1H3,(H,17,18,19). The Balaban J connectivity index is 1.70. The Morgan fingerprint density at radius 1 is 1.29 bits per heavy atom. The number of pyridine rings is 1. The zero-order chi connectivity index (χ0) is 16.7. The molecule has 4 rings (SSSR count). The van der Waals surface area contributed by atoms with Crippen LogP contribution >= 0.6 is 0 Å². The van der Waals surface area contributed by atoms with Crippen molar-refractivity contribution in [3.8, 4) is 5.75 Å². The molecule has 0 radical (unpaired) electrons. The van der Waals surface area contributed by atoms with Crippen LogP contribution in [0.15, 0.2) is 41.6 Å². The van der Waals surface area contributed by atoms with E-state index >= 15 is 0 Å². The van der Waals surface area contributed by atoms with Crippen LogP contribution in [0.25, 0.3) is 11.0 Å². The molecule has 7 nitrogen and oxygen atoms in total. The summed E-state index contributed by atoms with van der Waals surface area (Å²) >= 11 is 0. The summed E-state index contributed by atoms with van der Waals surface area (Å²) in [6, 6.07) is 6.54. The van der Waals surface area contributed by atoms with Crippen LogP contribution in [0.2, 0.25) is 0 Å². The summed E-state index contributed by atoms with van der Waals surface area (Å²) < 4.78 is 32.4. The van der Waals surface area contributed by atoms with Gasteiger partial charge in [0.15, 0.2) is 5.65 Å². The molecule has 2 aromatic heterocycles. The van der Waals surface area contributed by atoms with Crippen molar-refractivity contribution in [2.24, 2.45) is 0 Å². The zero-order valence-corrected chi connectivity index (χ0v) is 13.9. The van der Waals surface area contributed by atoms with Crippen molar-refractivity contribution in [2.75, 3.05) is 13.7 Å². The number of hydrogen-bond donors (Lipinski definition) is 1. The zero-order valence-electron chi connectivity index (χ0n) is 13.1. The Kier molecular flexibility index (Phi) is 3.50. The topological polar surface area (TPSA) is 88.2 Å². The van der Waals surface area contributed by atoms with Gasteiger partial charge in [0.05, 0.1) is 18.2 Å². The van der Waals surface area contributed by atoms with E-state index in [4.69, 9.17) is 4.74 Å². The molecule has 0 spiro atoms. The normalized spacial score (nSPS) is 15.4. The van der Waals surface area contributed by atoms with E-state index in [2.05, 4.69) is 15.2 Å². The van der Waals surface area contributed by atoms with Gasteiger partial charge in [0.1, 0.15) is 5.75 Å². The second kappa shape index (κ2) is 5.57. The molecular formula is C16H16N4O3S. The highest BCUT2D eigenvalue weighted by molar-refractivity contribution is 7.89. The van der Waals surface area contributed by atoms with E-state index < -0.39 is 10.0 Å². The van der Waals surface area contributed by atoms with Gasteiger partial charge in [-0.2, -0.15) is 9.40 Å². The van der Waals surface area contributed by atoms with E-state index in [1.165, 1.54) is 11.4 Å². The van der Waals surface area contributed by atoms with Crippen molar-refractivity contribution < 1.29 is 13.2 Å². The third-order valence-corrected chi connectivity index (χ3v) is 6.16. The maximum atomic E-state index is 12.9. The second-order valence-corrected chi connectivity index (χ2v) is 7.60. The number of aromatic amines is 1. The van der Waals surface area contributed by atoms with Gasteiger partial charge < -0.3 is 4.74 Å². The Hall–Kier alpha value is -2.45. The van der Waals surface area contributed by atoms with Crippen molar-refractivity contribution in [3.05, 3.63) is 47.8 Å². The molecular weight excluding hydrogens is 328 g/mol. The van der Waals surface area contributed by atoms with Crippen molar-refractivity contribution in [3.63, 3.8) is 0 Å². The molecule has 1 aromatic carbocycles. The van der Waals surface area contributed by atoms with Crippen molar-refractivity contribution >= 4 is 21.1 Å². The van der Waals surface area contributed by atoms with E-state index in [9.17, 15) is 8.42 Å². The quantitative estimate of drug-likeness (QED) is 0.781. The first-order valence-electron chi connectivity index (χ1n) is 7.53. The number of nitrogens with one attached hydrogen (secondary N) is 1. The number of sulfonamides is 1. The number of fused-ring (bicyclic) bond motifs is 3. The number of nitrogens with zero attached hydrogens (tertiary/aromatic N) is 3. The number of H-pyrrole nitrogens is 1. The molecule has 0 fully saturated rings. The van der Waals surface area contributed by atoms with Crippen LogP contribution in [0.5, 0.6) is 5.75 Å². The number of aromatic nitrogens is 3. The Bertz CT molecular complexity index is 1010. The third-order valence-electron chi connectivity index (χ3n) is 4.32. The number of benzene rings is 1. The minimum Gasteiger partial charge on any atom is -0.497 e. The van der Waals surface area contributed by atoms with Gasteiger partial charge in [-0.15, -0.1) is 0 Å². The van der Waals surface area contributed by atoms with Gasteiger partial charge in [-0.1, -0.05) is 6.07 Å². The highest BCUT2D eigenvalue weighted by atomic mass is 32.2. The lowest BCUT2D eigenvalue weighted by atomic mass is 10.0. The fraction of sp³-hybridized carbons (Fsp3) is 0.250. The van der Waals surface area contributed by atoms with Gasteiger partial charge in [0, 0.05) is 30.7 Å². The second-order valence-electron chi connectivity index (χ2n) is 5.66. The molecule has 1 N–H and O–H groups in total. The highest BCUT2D eigenvalue weighted by Gasteiger charge is 2.29. The first kappa shape index (κ1) is 15.1. The van der Waals surface area contributed by atoms with Gasteiger partial charge in [-0.25, -0.2) is 13.4 Å². The summed E-state index contributed by atoms with van der Waals surface area (Å²) in [7, 11) is -2.06. The molecule has 0 saturated carbocycles. The van der Waals surface area contributed by atoms with Gasteiger partial charge in [-0.3, -0.25) is 5.10 Å². The van der Waals surface area contributed by atoms with Crippen LogP contribution in [0.3, 0.4) is 0 Å². The average Bonchev–Trinajstić information content (AvgIpc) is 3.10. The van der Waals surface area contributed by atoms with Crippen LogP contribution in [0.4, 0.5) is 0 Å². The maximum Gasteiger partial charge on any atom is 0.243 e. The van der Waals surface area contributed by atoms with Crippen LogP contribution in [-0.4, -0.2) is 41.6 Å². The number of hydrogen-bond acceptors (Lipinski definition) is 5. The predicted octanol–water partition coefficient (Wildman–Crippen LogP) is 1.71. The number of rotatable bonds is 3. The molecule has 3 aromatic rings. The monoisotopic (exact) mass is 344 g/mol. The van der Waals surface area contributed by atoms with Crippen LogP contribution < -0.4 is 4.74 Å². The molecule has 0 unspecified atom stereocenters. The molecule has 0 aliphatic carbocycles. The molecule has 124 valence electrons. The van der Waals surface area contributed by atoms with Crippen molar-refractivity contribution in [1.82, 2.24) is 19.5 Å². The van der Waals surface area contributed by atoms with E-state index in [0.717, 1.165) is 22.2 Å². The Labute approximate surface area is 139 Å². The first-order valence-corrected chi connectivity index (χ1v) is 8.97. The molecule has 1 aliphatic rings.